The number of benzene rings is 1. The molecular weight excluding hydrogens is 174 g/mol. The van der Waals surface area contributed by atoms with Crippen molar-refractivity contribution in [1.82, 2.24) is 0 Å². The summed E-state index contributed by atoms with van der Waals surface area (Å²) in [4.78, 5) is 11.3. The van der Waals surface area contributed by atoms with E-state index in [1.54, 1.807) is 6.07 Å². The minimum atomic E-state index is 0.161. The zero-order chi connectivity index (χ0) is 10.4. The van der Waals surface area contributed by atoms with Gasteiger partial charge in [0.2, 0.25) is 0 Å². The summed E-state index contributed by atoms with van der Waals surface area (Å²) in [5.41, 5.74) is 7.23. The summed E-state index contributed by atoms with van der Waals surface area (Å²) in [7, 11) is 0. The van der Waals surface area contributed by atoms with Crippen LogP contribution in [0, 0.1) is 12.3 Å². The summed E-state index contributed by atoms with van der Waals surface area (Å²) in [5, 5.41) is 0. The van der Waals surface area contributed by atoms with E-state index in [0.29, 0.717) is 24.9 Å². The van der Waals surface area contributed by atoms with Gasteiger partial charge in [0.1, 0.15) is 5.78 Å². The van der Waals surface area contributed by atoms with Gasteiger partial charge >= 0.3 is 0 Å². The van der Waals surface area contributed by atoms with Gasteiger partial charge < -0.3 is 5.73 Å². The number of Topliss-reactive ketones (excluding diaryl/α,β-unsaturated/α-hetero) is 1. The van der Waals surface area contributed by atoms with E-state index in [-0.39, 0.29) is 5.78 Å². The van der Waals surface area contributed by atoms with Crippen LogP contribution in [0.5, 0.6) is 0 Å². The number of hydrogen-bond donors (Lipinski definition) is 1. The molecule has 0 aliphatic carbocycles. The molecule has 0 aliphatic heterocycles. The third-order valence-corrected chi connectivity index (χ3v) is 1.90. The lowest BCUT2D eigenvalue weighted by Crippen LogP contribution is -2.02. The fourth-order valence-corrected chi connectivity index (χ4v) is 1.23. The molecule has 0 aromatic heterocycles. The molecule has 0 fully saturated rings. The zero-order valence-electron chi connectivity index (χ0n) is 7.99. The predicted octanol–water partition coefficient (Wildman–Crippen LogP) is 1.79. The van der Waals surface area contributed by atoms with Gasteiger partial charge in [0, 0.05) is 24.9 Å². The third kappa shape index (κ3) is 3.32. The molecule has 0 radical (unpaired) electrons. The molecule has 0 unspecified atom stereocenters. The zero-order valence-corrected chi connectivity index (χ0v) is 7.99. The van der Waals surface area contributed by atoms with Gasteiger partial charge in [-0.25, -0.2) is 0 Å². The molecule has 0 saturated carbocycles. The van der Waals surface area contributed by atoms with Crippen molar-refractivity contribution >= 4 is 11.5 Å². The first-order valence-corrected chi connectivity index (χ1v) is 4.52. The van der Waals surface area contributed by atoms with E-state index >= 15 is 0 Å². The molecule has 2 nitrogen and oxygen atoms in total. The van der Waals surface area contributed by atoms with E-state index in [2.05, 4.69) is 5.92 Å². The van der Waals surface area contributed by atoms with Crippen LogP contribution in [0.25, 0.3) is 0 Å². The van der Waals surface area contributed by atoms with Crippen LogP contribution in [0.15, 0.2) is 24.3 Å². The highest BCUT2D eigenvalue weighted by Crippen LogP contribution is 2.08. The summed E-state index contributed by atoms with van der Waals surface area (Å²) in [5.74, 6) is 2.61. The number of nitrogen functional groups attached to an aromatic ring is 1. The Morgan fingerprint density at radius 1 is 1.50 bits per heavy atom. The van der Waals surface area contributed by atoms with Crippen molar-refractivity contribution in [2.24, 2.45) is 0 Å². The summed E-state index contributed by atoms with van der Waals surface area (Å²) in [6.07, 6.45) is 6.46. The summed E-state index contributed by atoms with van der Waals surface area (Å²) >= 11 is 0. The van der Waals surface area contributed by atoms with Gasteiger partial charge in [0.15, 0.2) is 0 Å². The first-order valence-electron chi connectivity index (χ1n) is 4.52. The lowest BCUT2D eigenvalue weighted by Gasteiger charge is -2.00. The van der Waals surface area contributed by atoms with E-state index in [4.69, 9.17) is 12.2 Å². The lowest BCUT2D eigenvalue weighted by molar-refractivity contribution is -0.118. The minimum Gasteiger partial charge on any atom is -0.399 e. The van der Waals surface area contributed by atoms with Crippen LogP contribution in [0.1, 0.15) is 18.4 Å². The molecule has 1 aromatic carbocycles. The number of carbonyl (C=O) groups is 1. The van der Waals surface area contributed by atoms with Crippen molar-refractivity contribution in [2.45, 2.75) is 19.3 Å². The molecule has 0 spiro atoms. The Hall–Kier alpha value is -1.75. The Morgan fingerprint density at radius 2 is 2.29 bits per heavy atom. The molecule has 72 valence electrons. The predicted molar refractivity (Wildman–Crippen MR) is 57.6 cm³/mol. The molecule has 0 aliphatic rings. The molecule has 2 N–H and O–H groups in total. The van der Waals surface area contributed by atoms with Crippen LogP contribution in [0.3, 0.4) is 0 Å². The van der Waals surface area contributed by atoms with Crippen LogP contribution < -0.4 is 5.73 Å². The smallest absolute Gasteiger partial charge is 0.138 e. The van der Waals surface area contributed by atoms with E-state index in [0.717, 1.165) is 5.56 Å². The first kappa shape index (κ1) is 10.3. The Balaban J connectivity index is 2.53. The van der Waals surface area contributed by atoms with Crippen LogP contribution in [0.4, 0.5) is 5.69 Å². The fourth-order valence-electron chi connectivity index (χ4n) is 1.23. The number of anilines is 1. The topological polar surface area (TPSA) is 43.1 Å². The second-order valence-electron chi connectivity index (χ2n) is 3.16. The summed E-state index contributed by atoms with van der Waals surface area (Å²) < 4.78 is 0. The molecule has 2 heteroatoms. The minimum absolute atomic E-state index is 0.161. The molecule has 0 heterocycles. The Labute approximate surface area is 84.1 Å². The highest BCUT2D eigenvalue weighted by molar-refractivity contribution is 5.81. The van der Waals surface area contributed by atoms with Crippen molar-refractivity contribution in [3.05, 3.63) is 29.8 Å². The number of terminal acetylenes is 1. The van der Waals surface area contributed by atoms with Crippen LogP contribution in [0.2, 0.25) is 0 Å². The van der Waals surface area contributed by atoms with Crippen molar-refractivity contribution in [3.63, 3.8) is 0 Å². The maximum atomic E-state index is 11.3. The highest BCUT2D eigenvalue weighted by Gasteiger charge is 2.02. The molecule has 0 saturated heterocycles. The maximum Gasteiger partial charge on any atom is 0.138 e. The van der Waals surface area contributed by atoms with E-state index in [1.165, 1.54) is 0 Å². The second kappa shape index (κ2) is 5.08. The van der Waals surface area contributed by atoms with Gasteiger partial charge in [-0.3, -0.25) is 4.79 Å². The number of hydrogen-bond acceptors (Lipinski definition) is 2. The summed E-state index contributed by atoms with van der Waals surface area (Å²) in [6.45, 7) is 0. The van der Waals surface area contributed by atoms with Crippen LogP contribution in [-0.2, 0) is 11.2 Å². The number of carbonyl (C=O) groups excluding carboxylic acids is 1. The van der Waals surface area contributed by atoms with Crippen molar-refractivity contribution in [1.29, 1.82) is 0 Å². The van der Waals surface area contributed by atoms with E-state index < -0.39 is 0 Å². The average molecular weight is 187 g/mol. The van der Waals surface area contributed by atoms with Crippen molar-refractivity contribution in [3.8, 4) is 12.3 Å². The van der Waals surface area contributed by atoms with Crippen LogP contribution in [-0.4, -0.2) is 5.78 Å². The van der Waals surface area contributed by atoms with Crippen molar-refractivity contribution in [2.75, 3.05) is 5.73 Å². The van der Waals surface area contributed by atoms with Gasteiger partial charge in [-0.2, -0.15) is 0 Å². The Bertz CT molecular complexity index is 363. The first-order chi connectivity index (χ1) is 6.72. The van der Waals surface area contributed by atoms with Gasteiger partial charge in [-0.15, -0.1) is 12.3 Å². The van der Waals surface area contributed by atoms with Gasteiger partial charge in [0.05, 0.1) is 0 Å². The quantitative estimate of drug-likeness (QED) is 0.577. The van der Waals surface area contributed by atoms with Gasteiger partial charge in [-0.05, 0) is 17.7 Å². The number of nitrogens with two attached hydrogens (primary N) is 1. The Kier molecular flexibility index (Phi) is 3.75. The Morgan fingerprint density at radius 3 is 2.93 bits per heavy atom. The second-order valence-corrected chi connectivity index (χ2v) is 3.16. The molecule has 1 aromatic rings. The standard InChI is InChI=1S/C12H13NO/c1-2-3-7-12(14)9-10-5-4-6-11(13)8-10/h1,4-6,8H,3,7,9,13H2. The van der Waals surface area contributed by atoms with E-state index in [9.17, 15) is 4.79 Å². The number of rotatable bonds is 4. The monoisotopic (exact) mass is 187 g/mol. The van der Waals surface area contributed by atoms with Gasteiger partial charge in [0.25, 0.3) is 0 Å². The normalized spacial score (nSPS) is 9.36. The summed E-state index contributed by atoms with van der Waals surface area (Å²) in [6, 6.07) is 7.35. The average Bonchev–Trinajstić information content (AvgIpc) is 2.15. The van der Waals surface area contributed by atoms with E-state index in [1.807, 2.05) is 18.2 Å². The lowest BCUT2D eigenvalue weighted by atomic mass is 10.1. The number of ketones is 1. The molecule has 1 rings (SSSR count). The molecule has 0 atom stereocenters. The van der Waals surface area contributed by atoms with Crippen LogP contribution >= 0.6 is 0 Å². The largest absolute Gasteiger partial charge is 0.399 e. The third-order valence-electron chi connectivity index (χ3n) is 1.90. The maximum absolute atomic E-state index is 11.3. The fraction of sp³-hybridized carbons (Fsp3) is 0.250. The molecule has 0 amide bonds. The SMILES string of the molecule is C#CCCC(=O)Cc1cccc(N)c1. The van der Waals surface area contributed by atoms with Gasteiger partial charge in [-0.1, -0.05) is 12.1 Å². The molecule has 14 heavy (non-hydrogen) atoms. The molecular formula is C12H13NO. The highest BCUT2D eigenvalue weighted by atomic mass is 16.1. The molecule has 0 bridgehead atoms. The van der Waals surface area contributed by atoms with Crippen molar-refractivity contribution < 1.29 is 4.79 Å².